The maximum atomic E-state index is 12.2. The molecule has 1 unspecified atom stereocenters. The molecule has 1 atom stereocenters. The number of likely N-dealkylation sites (tertiary alicyclic amines) is 1. The zero-order valence-corrected chi connectivity index (χ0v) is 10.5. The van der Waals surface area contributed by atoms with Crippen LogP contribution in [0.4, 0.5) is 0 Å². The first-order chi connectivity index (χ1) is 7.29. The Balaban J connectivity index is 0.000000963. The van der Waals surface area contributed by atoms with Gasteiger partial charge in [-0.25, -0.2) is 0 Å². The van der Waals surface area contributed by atoms with E-state index >= 15 is 0 Å². The molecule has 3 rings (SSSR count). The molecule has 92 valence electrons. The number of nitrogens with zero attached hydrogens (tertiary/aromatic N) is 1. The lowest BCUT2D eigenvalue weighted by molar-refractivity contribution is -0.134. The van der Waals surface area contributed by atoms with E-state index in [0.29, 0.717) is 11.3 Å². The number of carbonyl (C=O) groups is 1. The van der Waals surface area contributed by atoms with Crippen molar-refractivity contribution in [1.29, 1.82) is 0 Å². The first-order valence-electron chi connectivity index (χ1n) is 6.29. The molecule has 3 nitrogen and oxygen atoms in total. The molecule has 0 radical (unpaired) electrons. The smallest absolute Gasteiger partial charge is 0.227 e. The van der Waals surface area contributed by atoms with Crippen LogP contribution in [0, 0.1) is 11.3 Å². The molecule has 0 aromatic rings. The van der Waals surface area contributed by atoms with E-state index in [1.807, 2.05) is 0 Å². The third-order valence-corrected chi connectivity index (χ3v) is 4.57. The van der Waals surface area contributed by atoms with Crippen LogP contribution in [0.25, 0.3) is 0 Å². The van der Waals surface area contributed by atoms with Crippen molar-refractivity contribution in [3.63, 3.8) is 0 Å². The molecule has 4 heteroatoms. The van der Waals surface area contributed by atoms with Crippen LogP contribution in [0.1, 0.15) is 32.1 Å². The van der Waals surface area contributed by atoms with Crippen molar-refractivity contribution in [1.82, 2.24) is 10.2 Å². The second-order valence-electron chi connectivity index (χ2n) is 5.55. The van der Waals surface area contributed by atoms with Gasteiger partial charge in [-0.1, -0.05) is 6.42 Å². The number of hydrogen-bond acceptors (Lipinski definition) is 2. The Morgan fingerprint density at radius 2 is 2.12 bits per heavy atom. The molecule has 1 amide bonds. The Bertz CT molecular complexity index is 272. The number of hydrogen-bond donors (Lipinski definition) is 1. The molecule has 1 N–H and O–H groups in total. The van der Waals surface area contributed by atoms with Crippen molar-refractivity contribution in [2.75, 3.05) is 26.2 Å². The maximum Gasteiger partial charge on any atom is 0.227 e. The predicted molar refractivity (Wildman–Crippen MR) is 65.7 cm³/mol. The van der Waals surface area contributed by atoms with E-state index in [1.54, 1.807) is 0 Å². The minimum Gasteiger partial charge on any atom is -0.342 e. The summed E-state index contributed by atoms with van der Waals surface area (Å²) < 4.78 is 0. The summed E-state index contributed by atoms with van der Waals surface area (Å²) in [6.07, 6.45) is 6.41. The van der Waals surface area contributed by atoms with Gasteiger partial charge >= 0.3 is 0 Å². The maximum absolute atomic E-state index is 12.2. The van der Waals surface area contributed by atoms with Gasteiger partial charge in [0.15, 0.2) is 0 Å². The summed E-state index contributed by atoms with van der Waals surface area (Å²) in [5.74, 6) is 0.698. The van der Waals surface area contributed by atoms with Crippen molar-refractivity contribution in [2.24, 2.45) is 11.3 Å². The lowest BCUT2D eigenvalue weighted by Gasteiger charge is -2.38. The summed E-state index contributed by atoms with van der Waals surface area (Å²) in [7, 11) is 0. The van der Waals surface area contributed by atoms with Gasteiger partial charge in [0, 0.05) is 19.6 Å². The van der Waals surface area contributed by atoms with Crippen molar-refractivity contribution in [2.45, 2.75) is 32.1 Å². The molecule has 2 heterocycles. The molecule has 16 heavy (non-hydrogen) atoms. The highest BCUT2D eigenvalue weighted by Crippen LogP contribution is 2.48. The zero-order chi connectivity index (χ0) is 10.3. The van der Waals surface area contributed by atoms with E-state index in [0.717, 1.165) is 32.6 Å². The summed E-state index contributed by atoms with van der Waals surface area (Å²) in [5, 5.41) is 3.28. The standard InChI is InChI=1S/C12H20N2O.ClH/c15-11(10-2-6-13-8-10)14-7-5-12(9-14)3-1-4-12;/h10,13H,1-9H2;1H. The fourth-order valence-corrected chi connectivity index (χ4v) is 3.33. The van der Waals surface area contributed by atoms with Crippen molar-refractivity contribution < 1.29 is 4.79 Å². The largest absolute Gasteiger partial charge is 0.342 e. The quantitative estimate of drug-likeness (QED) is 0.757. The van der Waals surface area contributed by atoms with Gasteiger partial charge in [-0.2, -0.15) is 0 Å². The van der Waals surface area contributed by atoms with E-state index in [4.69, 9.17) is 0 Å². The van der Waals surface area contributed by atoms with E-state index in [2.05, 4.69) is 10.2 Å². The molecule has 0 aromatic heterocycles. The van der Waals surface area contributed by atoms with E-state index in [-0.39, 0.29) is 18.3 Å². The second kappa shape index (κ2) is 4.53. The molecule has 2 aliphatic heterocycles. The summed E-state index contributed by atoms with van der Waals surface area (Å²) in [6.45, 7) is 4.01. The van der Waals surface area contributed by atoms with Crippen LogP contribution in [0.5, 0.6) is 0 Å². The van der Waals surface area contributed by atoms with Gasteiger partial charge in [0.05, 0.1) is 5.92 Å². The Morgan fingerprint density at radius 1 is 1.31 bits per heavy atom. The van der Waals surface area contributed by atoms with Gasteiger partial charge in [0.1, 0.15) is 0 Å². The summed E-state index contributed by atoms with van der Waals surface area (Å²) in [4.78, 5) is 14.3. The number of nitrogens with one attached hydrogen (secondary N) is 1. The average molecular weight is 245 g/mol. The second-order valence-corrected chi connectivity index (χ2v) is 5.55. The molecule has 2 saturated heterocycles. The normalized spacial score (nSPS) is 31.2. The summed E-state index contributed by atoms with van der Waals surface area (Å²) >= 11 is 0. The molecular formula is C12H21ClN2O. The third kappa shape index (κ3) is 1.95. The highest BCUT2D eigenvalue weighted by Gasteiger charge is 2.45. The molecule has 1 aliphatic carbocycles. The number of carbonyl (C=O) groups excluding carboxylic acids is 1. The average Bonchev–Trinajstić information content (AvgIpc) is 2.85. The monoisotopic (exact) mass is 244 g/mol. The SMILES string of the molecule is Cl.O=C(C1CCNC1)N1CCC2(CCC2)C1. The van der Waals surface area contributed by atoms with Gasteiger partial charge in [-0.05, 0) is 37.6 Å². The fourth-order valence-electron chi connectivity index (χ4n) is 3.33. The van der Waals surface area contributed by atoms with Gasteiger partial charge < -0.3 is 10.2 Å². The molecule has 3 fully saturated rings. The Labute approximate surface area is 103 Å². The minimum atomic E-state index is 0. The lowest BCUT2D eigenvalue weighted by Crippen LogP contribution is -2.39. The molecule has 3 aliphatic rings. The van der Waals surface area contributed by atoms with E-state index < -0.39 is 0 Å². The van der Waals surface area contributed by atoms with Crippen LogP contribution in [0.3, 0.4) is 0 Å². The van der Waals surface area contributed by atoms with Crippen LogP contribution in [0.2, 0.25) is 0 Å². The van der Waals surface area contributed by atoms with Crippen LogP contribution < -0.4 is 5.32 Å². The van der Waals surface area contributed by atoms with Gasteiger partial charge in [-0.15, -0.1) is 12.4 Å². The third-order valence-electron chi connectivity index (χ3n) is 4.57. The zero-order valence-electron chi connectivity index (χ0n) is 9.71. The van der Waals surface area contributed by atoms with Crippen LogP contribution in [0.15, 0.2) is 0 Å². The topological polar surface area (TPSA) is 32.3 Å². The molecule has 0 aromatic carbocycles. The Kier molecular flexibility index (Phi) is 3.45. The summed E-state index contributed by atoms with van der Waals surface area (Å²) in [6, 6.07) is 0. The van der Waals surface area contributed by atoms with Crippen LogP contribution in [-0.2, 0) is 4.79 Å². The molecule has 1 spiro atoms. The highest BCUT2D eigenvalue weighted by molar-refractivity contribution is 5.85. The predicted octanol–water partition coefficient (Wildman–Crippen LogP) is 1.42. The Morgan fingerprint density at radius 3 is 2.62 bits per heavy atom. The molecule has 0 bridgehead atoms. The molecular weight excluding hydrogens is 224 g/mol. The fraction of sp³-hybridized carbons (Fsp3) is 0.917. The van der Waals surface area contributed by atoms with Gasteiger partial charge in [-0.3, -0.25) is 4.79 Å². The van der Waals surface area contributed by atoms with Gasteiger partial charge in [0.25, 0.3) is 0 Å². The lowest BCUT2D eigenvalue weighted by atomic mass is 9.68. The van der Waals surface area contributed by atoms with Crippen LogP contribution >= 0.6 is 12.4 Å². The first kappa shape index (κ1) is 12.2. The van der Waals surface area contributed by atoms with Crippen molar-refractivity contribution >= 4 is 18.3 Å². The Hall–Kier alpha value is -0.280. The van der Waals surface area contributed by atoms with Crippen molar-refractivity contribution in [3.8, 4) is 0 Å². The first-order valence-corrected chi connectivity index (χ1v) is 6.29. The van der Waals surface area contributed by atoms with E-state index in [1.165, 1.54) is 25.7 Å². The molecule has 1 saturated carbocycles. The number of rotatable bonds is 1. The number of amides is 1. The van der Waals surface area contributed by atoms with Crippen LogP contribution in [-0.4, -0.2) is 37.0 Å². The highest BCUT2D eigenvalue weighted by atomic mass is 35.5. The van der Waals surface area contributed by atoms with Crippen molar-refractivity contribution in [3.05, 3.63) is 0 Å². The van der Waals surface area contributed by atoms with E-state index in [9.17, 15) is 4.79 Å². The van der Waals surface area contributed by atoms with Gasteiger partial charge in [0.2, 0.25) is 5.91 Å². The minimum absolute atomic E-state index is 0. The summed E-state index contributed by atoms with van der Waals surface area (Å²) in [5.41, 5.74) is 0.557. The number of halogens is 1.